The Hall–Kier alpha value is -2.07. The van der Waals surface area contributed by atoms with Crippen LogP contribution in [0.25, 0.3) is 6.08 Å². The molecule has 0 amide bonds. The predicted molar refractivity (Wildman–Crippen MR) is 101 cm³/mol. The number of ether oxygens (including phenoxy) is 1. The minimum atomic E-state index is 0.803. The molecule has 0 atom stereocenters. The summed E-state index contributed by atoms with van der Waals surface area (Å²) in [6.45, 7) is 1.74. The van der Waals surface area contributed by atoms with E-state index in [0.717, 1.165) is 34.6 Å². The molecule has 0 N–H and O–H groups in total. The van der Waals surface area contributed by atoms with Crippen LogP contribution in [-0.2, 0) is 0 Å². The fourth-order valence-corrected chi connectivity index (χ4v) is 3.21. The van der Waals surface area contributed by atoms with Crippen molar-refractivity contribution in [2.75, 3.05) is 32.1 Å². The molecule has 0 bridgehead atoms. The Bertz CT molecular complexity index is 768. The number of benzodiazepines with no additional fused rings is 1. The highest BCUT2D eigenvalue weighted by Gasteiger charge is 2.13. The van der Waals surface area contributed by atoms with Gasteiger partial charge in [0.05, 0.1) is 23.8 Å². The van der Waals surface area contributed by atoms with Gasteiger partial charge in [0, 0.05) is 24.8 Å². The van der Waals surface area contributed by atoms with Gasteiger partial charge in [-0.2, -0.15) is 0 Å². The zero-order chi connectivity index (χ0) is 16.2. The molecule has 4 heteroatoms. The van der Waals surface area contributed by atoms with Gasteiger partial charge in [-0.1, -0.05) is 30.3 Å². The molecule has 3 nitrogen and oxygen atoms in total. The molecule has 2 aromatic rings. The molecule has 0 spiro atoms. The van der Waals surface area contributed by atoms with Crippen LogP contribution in [0.4, 0.5) is 5.69 Å². The molecule has 2 aromatic carbocycles. The Balaban J connectivity index is 1.91. The number of nitrogens with zero attached hydrogens (tertiary/aromatic N) is 2. The molecule has 0 saturated heterocycles. The van der Waals surface area contributed by atoms with Crippen molar-refractivity contribution in [2.45, 2.75) is 0 Å². The van der Waals surface area contributed by atoms with Crippen LogP contribution in [0.15, 0.2) is 58.0 Å². The van der Waals surface area contributed by atoms with Crippen molar-refractivity contribution in [2.24, 2.45) is 4.99 Å². The van der Waals surface area contributed by atoms with E-state index in [2.05, 4.69) is 64.3 Å². The van der Waals surface area contributed by atoms with E-state index >= 15 is 0 Å². The van der Waals surface area contributed by atoms with Crippen molar-refractivity contribution >= 4 is 33.4 Å². The standard InChI is InChI=1S/C19H19BrN2O/c1-22-12-11-21-17(15-5-3-4-6-18(15)22)9-7-14-8-10-19(23-2)16(20)13-14/h3-10,13H,11-12H2,1-2H3/b9-7+. The largest absolute Gasteiger partial charge is 0.496 e. The van der Waals surface area contributed by atoms with Gasteiger partial charge in [0.25, 0.3) is 0 Å². The molecule has 1 heterocycles. The molecule has 3 rings (SSSR count). The van der Waals surface area contributed by atoms with Crippen molar-refractivity contribution in [1.82, 2.24) is 0 Å². The number of allylic oxidation sites excluding steroid dienone is 1. The zero-order valence-corrected chi connectivity index (χ0v) is 14.9. The summed E-state index contributed by atoms with van der Waals surface area (Å²) in [7, 11) is 3.78. The first-order valence-electron chi connectivity index (χ1n) is 7.55. The summed E-state index contributed by atoms with van der Waals surface area (Å²) < 4.78 is 6.22. The third-order valence-corrected chi connectivity index (χ3v) is 4.54. The lowest BCUT2D eigenvalue weighted by atomic mass is 10.1. The molecule has 0 saturated carbocycles. The van der Waals surface area contributed by atoms with Gasteiger partial charge in [-0.05, 0) is 45.8 Å². The van der Waals surface area contributed by atoms with E-state index in [-0.39, 0.29) is 0 Å². The highest BCUT2D eigenvalue weighted by atomic mass is 79.9. The van der Waals surface area contributed by atoms with Crippen molar-refractivity contribution < 1.29 is 4.74 Å². The lowest BCUT2D eigenvalue weighted by Gasteiger charge is -2.18. The van der Waals surface area contributed by atoms with Gasteiger partial charge in [0.2, 0.25) is 0 Å². The van der Waals surface area contributed by atoms with E-state index in [1.54, 1.807) is 7.11 Å². The smallest absolute Gasteiger partial charge is 0.133 e. The normalized spacial score (nSPS) is 14.4. The Labute approximate surface area is 145 Å². The SMILES string of the molecule is COc1ccc(/C=C/C2=NCCN(C)c3ccccc32)cc1Br. The van der Waals surface area contributed by atoms with Gasteiger partial charge in [0.1, 0.15) is 5.75 Å². The molecule has 0 fully saturated rings. The van der Waals surface area contributed by atoms with E-state index in [1.165, 1.54) is 11.3 Å². The van der Waals surface area contributed by atoms with Crippen LogP contribution in [-0.4, -0.2) is 33.0 Å². The van der Waals surface area contributed by atoms with Crippen LogP contribution in [0.3, 0.4) is 0 Å². The summed E-state index contributed by atoms with van der Waals surface area (Å²) in [4.78, 5) is 6.99. The van der Waals surface area contributed by atoms with E-state index in [0.29, 0.717) is 0 Å². The lowest BCUT2D eigenvalue weighted by Crippen LogP contribution is -2.20. The summed E-state index contributed by atoms with van der Waals surface area (Å²) in [6.07, 6.45) is 4.18. The maximum atomic E-state index is 5.27. The van der Waals surface area contributed by atoms with Crippen LogP contribution in [0.2, 0.25) is 0 Å². The average Bonchev–Trinajstić information content (AvgIpc) is 2.73. The van der Waals surface area contributed by atoms with Crippen LogP contribution in [0, 0.1) is 0 Å². The van der Waals surface area contributed by atoms with Crippen molar-refractivity contribution in [1.29, 1.82) is 0 Å². The topological polar surface area (TPSA) is 24.8 Å². The summed E-state index contributed by atoms with van der Waals surface area (Å²) in [6, 6.07) is 14.5. The second kappa shape index (κ2) is 7.01. The van der Waals surface area contributed by atoms with Crippen LogP contribution in [0.1, 0.15) is 11.1 Å². The van der Waals surface area contributed by atoms with Crippen molar-refractivity contribution in [3.63, 3.8) is 0 Å². The van der Waals surface area contributed by atoms with Gasteiger partial charge in [0.15, 0.2) is 0 Å². The zero-order valence-electron chi connectivity index (χ0n) is 13.3. The molecule has 0 radical (unpaired) electrons. The second-order valence-corrected chi connectivity index (χ2v) is 6.29. The fourth-order valence-electron chi connectivity index (χ4n) is 2.65. The molecule has 0 aromatic heterocycles. The third kappa shape index (κ3) is 3.48. The number of anilines is 1. The number of methoxy groups -OCH3 is 1. The minimum absolute atomic E-state index is 0.803. The van der Waals surface area contributed by atoms with Crippen molar-refractivity contribution in [3.8, 4) is 5.75 Å². The molecular weight excluding hydrogens is 352 g/mol. The van der Waals surface area contributed by atoms with Crippen LogP contribution >= 0.6 is 15.9 Å². The summed E-state index contributed by atoms with van der Waals surface area (Å²) in [5, 5.41) is 0. The van der Waals surface area contributed by atoms with E-state index in [1.807, 2.05) is 18.2 Å². The Morgan fingerprint density at radius 2 is 2.00 bits per heavy atom. The average molecular weight is 371 g/mol. The fraction of sp³-hybridized carbons (Fsp3) is 0.211. The number of benzene rings is 2. The van der Waals surface area contributed by atoms with Crippen LogP contribution in [0.5, 0.6) is 5.75 Å². The number of halogens is 1. The maximum Gasteiger partial charge on any atom is 0.133 e. The number of rotatable bonds is 3. The Morgan fingerprint density at radius 1 is 1.17 bits per heavy atom. The van der Waals surface area contributed by atoms with E-state index < -0.39 is 0 Å². The number of hydrogen-bond donors (Lipinski definition) is 0. The van der Waals surface area contributed by atoms with Gasteiger partial charge in [-0.15, -0.1) is 0 Å². The maximum absolute atomic E-state index is 5.27. The van der Waals surface area contributed by atoms with Crippen LogP contribution < -0.4 is 9.64 Å². The summed E-state index contributed by atoms with van der Waals surface area (Å²) in [5.41, 5.74) is 4.54. The molecule has 0 unspecified atom stereocenters. The first kappa shape index (κ1) is 15.8. The number of hydrogen-bond acceptors (Lipinski definition) is 3. The second-order valence-electron chi connectivity index (χ2n) is 5.43. The Morgan fingerprint density at radius 3 is 2.78 bits per heavy atom. The molecule has 1 aliphatic rings. The number of fused-ring (bicyclic) bond motifs is 1. The van der Waals surface area contributed by atoms with Gasteiger partial charge < -0.3 is 9.64 Å². The van der Waals surface area contributed by atoms with Crippen molar-refractivity contribution in [3.05, 3.63) is 64.1 Å². The molecular formula is C19H19BrN2O. The quantitative estimate of drug-likeness (QED) is 0.799. The number of aliphatic imine (C=N–C) groups is 1. The highest BCUT2D eigenvalue weighted by molar-refractivity contribution is 9.10. The van der Waals surface area contributed by atoms with E-state index in [9.17, 15) is 0 Å². The van der Waals surface area contributed by atoms with Gasteiger partial charge >= 0.3 is 0 Å². The molecule has 0 aliphatic carbocycles. The number of para-hydroxylation sites is 1. The molecule has 23 heavy (non-hydrogen) atoms. The molecule has 1 aliphatic heterocycles. The summed E-state index contributed by atoms with van der Waals surface area (Å²) in [5.74, 6) is 0.834. The highest BCUT2D eigenvalue weighted by Crippen LogP contribution is 2.27. The molecule has 118 valence electrons. The first-order valence-corrected chi connectivity index (χ1v) is 8.35. The lowest BCUT2D eigenvalue weighted by molar-refractivity contribution is 0.412. The van der Waals surface area contributed by atoms with Gasteiger partial charge in [-0.3, -0.25) is 4.99 Å². The summed E-state index contributed by atoms with van der Waals surface area (Å²) >= 11 is 3.52. The van der Waals surface area contributed by atoms with Gasteiger partial charge in [-0.25, -0.2) is 0 Å². The predicted octanol–water partition coefficient (Wildman–Crippen LogP) is 4.41. The first-order chi connectivity index (χ1) is 11.2. The van der Waals surface area contributed by atoms with E-state index in [4.69, 9.17) is 9.73 Å². The number of likely N-dealkylation sites (N-methyl/N-ethyl adjacent to an activating group) is 1. The third-order valence-electron chi connectivity index (χ3n) is 3.92. The Kier molecular flexibility index (Phi) is 4.82. The monoisotopic (exact) mass is 370 g/mol. The minimum Gasteiger partial charge on any atom is -0.496 e.